The number of aromatic nitrogens is 1. The van der Waals surface area contributed by atoms with Crippen LogP contribution in [-0.2, 0) is 0 Å². The fourth-order valence-corrected chi connectivity index (χ4v) is 2.81. The minimum Gasteiger partial charge on any atom is -0.495 e. The number of nitrogens with zero attached hydrogens (tertiary/aromatic N) is 1. The second kappa shape index (κ2) is 8.36. The highest BCUT2D eigenvalue weighted by molar-refractivity contribution is 6.03. The molecular weight excluding hydrogens is 338 g/mol. The van der Waals surface area contributed by atoms with Crippen LogP contribution in [-0.4, -0.2) is 18.0 Å². The number of amides is 1. The van der Waals surface area contributed by atoms with Gasteiger partial charge in [0.05, 0.1) is 24.7 Å². The smallest absolute Gasteiger partial charge is 0.274 e. The number of hydrogen-bond donors (Lipinski definition) is 2. The fourth-order valence-electron chi connectivity index (χ4n) is 2.81. The Kier molecular flexibility index (Phi) is 5.71. The van der Waals surface area contributed by atoms with E-state index in [1.165, 1.54) is 0 Å². The van der Waals surface area contributed by atoms with Crippen molar-refractivity contribution >= 4 is 23.0 Å². The minimum atomic E-state index is -0.230. The Morgan fingerprint density at radius 1 is 0.963 bits per heavy atom. The molecule has 2 N–H and O–H groups in total. The van der Waals surface area contributed by atoms with Crippen molar-refractivity contribution in [2.75, 3.05) is 17.7 Å². The van der Waals surface area contributed by atoms with Crippen LogP contribution in [0.5, 0.6) is 5.75 Å². The molecule has 2 aromatic carbocycles. The normalized spacial score (nSPS) is 10.5. The summed E-state index contributed by atoms with van der Waals surface area (Å²) in [7, 11) is 1.63. The van der Waals surface area contributed by atoms with Gasteiger partial charge in [-0.05, 0) is 41.8 Å². The second-order valence-electron chi connectivity index (χ2n) is 6.45. The van der Waals surface area contributed by atoms with Crippen molar-refractivity contribution in [3.05, 3.63) is 78.1 Å². The van der Waals surface area contributed by atoms with Gasteiger partial charge in [0.2, 0.25) is 0 Å². The summed E-state index contributed by atoms with van der Waals surface area (Å²) in [6, 6.07) is 19.0. The van der Waals surface area contributed by atoms with Gasteiger partial charge in [0.15, 0.2) is 0 Å². The first-order valence-electron chi connectivity index (χ1n) is 8.85. The van der Waals surface area contributed by atoms with Crippen LogP contribution in [0.3, 0.4) is 0 Å². The maximum absolute atomic E-state index is 12.5. The molecule has 1 heterocycles. The first kappa shape index (κ1) is 18.5. The van der Waals surface area contributed by atoms with E-state index in [1.807, 2.05) is 54.6 Å². The number of rotatable bonds is 6. The third-order valence-corrected chi connectivity index (χ3v) is 4.21. The molecule has 0 spiro atoms. The summed E-state index contributed by atoms with van der Waals surface area (Å²) >= 11 is 0. The first-order valence-corrected chi connectivity index (χ1v) is 8.85. The Balaban J connectivity index is 1.73. The van der Waals surface area contributed by atoms with Crippen LogP contribution in [0.1, 0.15) is 35.8 Å². The highest BCUT2D eigenvalue weighted by atomic mass is 16.5. The summed E-state index contributed by atoms with van der Waals surface area (Å²) in [5.74, 6) is 0.832. The molecule has 0 saturated carbocycles. The second-order valence-corrected chi connectivity index (χ2v) is 6.45. The monoisotopic (exact) mass is 361 g/mol. The molecule has 0 atom stereocenters. The highest BCUT2D eigenvalue weighted by Gasteiger charge is 2.12. The summed E-state index contributed by atoms with van der Waals surface area (Å²) in [5, 5.41) is 6.20. The number of anilines is 3. The molecule has 0 radical (unpaired) electrons. The molecule has 0 unspecified atom stereocenters. The van der Waals surface area contributed by atoms with Crippen molar-refractivity contribution in [1.82, 2.24) is 4.98 Å². The maximum Gasteiger partial charge on any atom is 0.274 e. The van der Waals surface area contributed by atoms with E-state index >= 15 is 0 Å². The highest BCUT2D eigenvalue weighted by Crippen LogP contribution is 2.27. The van der Waals surface area contributed by atoms with Gasteiger partial charge < -0.3 is 15.4 Å². The standard InChI is InChI=1S/C22H23N3O2/c1-15(2)17-8-4-5-9-18(17)25-22(26)20-13-12-16(14-23-20)24-19-10-6-7-11-21(19)27-3/h4-15,24H,1-3H3,(H,25,26). The van der Waals surface area contributed by atoms with Crippen molar-refractivity contribution in [3.63, 3.8) is 0 Å². The maximum atomic E-state index is 12.5. The van der Waals surface area contributed by atoms with E-state index in [1.54, 1.807) is 19.4 Å². The molecule has 5 nitrogen and oxygen atoms in total. The van der Waals surface area contributed by atoms with Gasteiger partial charge in [0, 0.05) is 5.69 Å². The van der Waals surface area contributed by atoms with E-state index in [-0.39, 0.29) is 5.91 Å². The molecule has 138 valence electrons. The molecule has 0 aliphatic heterocycles. The lowest BCUT2D eigenvalue weighted by molar-refractivity contribution is 0.102. The fraction of sp³-hybridized carbons (Fsp3) is 0.182. The largest absolute Gasteiger partial charge is 0.495 e. The molecule has 3 aromatic rings. The van der Waals surface area contributed by atoms with Crippen molar-refractivity contribution in [3.8, 4) is 5.75 Å². The van der Waals surface area contributed by atoms with Crippen molar-refractivity contribution in [1.29, 1.82) is 0 Å². The van der Waals surface area contributed by atoms with E-state index in [2.05, 4.69) is 29.5 Å². The van der Waals surface area contributed by atoms with Gasteiger partial charge in [-0.2, -0.15) is 0 Å². The topological polar surface area (TPSA) is 63.2 Å². The number of methoxy groups -OCH3 is 1. The molecule has 3 rings (SSSR count). The molecule has 0 aliphatic rings. The first-order chi connectivity index (χ1) is 13.1. The Labute approximate surface area is 159 Å². The van der Waals surface area contributed by atoms with Crippen LogP contribution >= 0.6 is 0 Å². The van der Waals surface area contributed by atoms with Crippen LogP contribution in [0.15, 0.2) is 66.9 Å². The summed E-state index contributed by atoms with van der Waals surface area (Å²) in [5.41, 5.74) is 3.89. The predicted molar refractivity (Wildman–Crippen MR) is 109 cm³/mol. The van der Waals surface area contributed by atoms with Gasteiger partial charge in [-0.25, -0.2) is 4.98 Å². The summed E-state index contributed by atoms with van der Waals surface area (Å²) in [6.07, 6.45) is 1.63. The molecule has 0 aliphatic carbocycles. The van der Waals surface area contributed by atoms with Gasteiger partial charge in [-0.15, -0.1) is 0 Å². The number of nitrogens with one attached hydrogen (secondary N) is 2. The van der Waals surface area contributed by atoms with E-state index < -0.39 is 0 Å². The molecule has 5 heteroatoms. The lowest BCUT2D eigenvalue weighted by atomic mass is 10.0. The zero-order valence-corrected chi connectivity index (χ0v) is 15.7. The number of hydrogen-bond acceptors (Lipinski definition) is 4. The van der Waals surface area contributed by atoms with Crippen LogP contribution in [0.25, 0.3) is 0 Å². The summed E-state index contributed by atoms with van der Waals surface area (Å²) in [6.45, 7) is 4.20. The minimum absolute atomic E-state index is 0.230. The van der Waals surface area contributed by atoms with E-state index in [0.717, 1.165) is 28.4 Å². The molecule has 0 fully saturated rings. The third-order valence-electron chi connectivity index (χ3n) is 4.21. The predicted octanol–water partition coefficient (Wildman–Crippen LogP) is 5.21. The zero-order chi connectivity index (χ0) is 19.2. The van der Waals surface area contributed by atoms with E-state index in [4.69, 9.17) is 4.74 Å². The van der Waals surface area contributed by atoms with Crippen LogP contribution in [0.2, 0.25) is 0 Å². The van der Waals surface area contributed by atoms with E-state index in [0.29, 0.717) is 11.6 Å². The van der Waals surface area contributed by atoms with Crippen molar-refractivity contribution in [2.24, 2.45) is 0 Å². The van der Waals surface area contributed by atoms with Gasteiger partial charge in [-0.3, -0.25) is 4.79 Å². The Morgan fingerprint density at radius 3 is 2.33 bits per heavy atom. The zero-order valence-electron chi connectivity index (χ0n) is 15.7. The molecule has 1 amide bonds. The number of ether oxygens (including phenoxy) is 1. The van der Waals surface area contributed by atoms with Crippen LogP contribution in [0.4, 0.5) is 17.1 Å². The van der Waals surface area contributed by atoms with Gasteiger partial charge in [0.25, 0.3) is 5.91 Å². The van der Waals surface area contributed by atoms with E-state index in [9.17, 15) is 4.79 Å². The molecule has 0 bridgehead atoms. The summed E-state index contributed by atoms with van der Waals surface area (Å²) < 4.78 is 5.33. The van der Waals surface area contributed by atoms with Gasteiger partial charge >= 0.3 is 0 Å². The molecular formula is C22H23N3O2. The SMILES string of the molecule is COc1ccccc1Nc1ccc(C(=O)Nc2ccccc2C(C)C)nc1. The average molecular weight is 361 g/mol. The van der Waals surface area contributed by atoms with Gasteiger partial charge in [-0.1, -0.05) is 44.2 Å². The van der Waals surface area contributed by atoms with Crippen molar-refractivity contribution in [2.45, 2.75) is 19.8 Å². The van der Waals surface area contributed by atoms with Crippen molar-refractivity contribution < 1.29 is 9.53 Å². The molecule has 1 aromatic heterocycles. The van der Waals surface area contributed by atoms with Crippen LogP contribution in [0, 0.1) is 0 Å². The number of pyridine rings is 1. The number of carbonyl (C=O) groups is 1. The quantitative estimate of drug-likeness (QED) is 0.633. The molecule has 0 saturated heterocycles. The number of carbonyl (C=O) groups excluding carboxylic acids is 1. The summed E-state index contributed by atoms with van der Waals surface area (Å²) in [4.78, 5) is 16.8. The lowest BCUT2D eigenvalue weighted by Crippen LogP contribution is -2.15. The number of benzene rings is 2. The Morgan fingerprint density at radius 2 is 1.67 bits per heavy atom. The Hall–Kier alpha value is -3.34. The van der Waals surface area contributed by atoms with Gasteiger partial charge in [0.1, 0.15) is 11.4 Å². The lowest BCUT2D eigenvalue weighted by Gasteiger charge is -2.14. The Bertz CT molecular complexity index is 921. The third kappa shape index (κ3) is 4.44. The number of para-hydroxylation sites is 3. The molecule has 27 heavy (non-hydrogen) atoms. The average Bonchev–Trinajstić information content (AvgIpc) is 2.69. The van der Waals surface area contributed by atoms with Crippen LogP contribution < -0.4 is 15.4 Å².